The van der Waals surface area contributed by atoms with Gasteiger partial charge in [0.05, 0.1) is 5.69 Å². The lowest BCUT2D eigenvalue weighted by Gasteiger charge is -2.17. The Labute approximate surface area is 132 Å². The van der Waals surface area contributed by atoms with Gasteiger partial charge in [-0.15, -0.1) is 4.40 Å². The van der Waals surface area contributed by atoms with Gasteiger partial charge in [0.2, 0.25) is 0 Å². The molecule has 0 radical (unpaired) electrons. The van der Waals surface area contributed by atoms with E-state index in [2.05, 4.69) is 9.71 Å². The van der Waals surface area contributed by atoms with E-state index in [0.717, 1.165) is 17.2 Å². The van der Waals surface area contributed by atoms with Gasteiger partial charge in [-0.2, -0.15) is 8.42 Å². The van der Waals surface area contributed by atoms with Crippen LogP contribution in [-0.4, -0.2) is 13.6 Å². The van der Waals surface area contributed by atoms with Crippen LogP contribution >= 0.6 is 11.8 Å². The Hall–Kier alpha value is -1.86. The van der Waals surface area contributed by atoms with Gasteiger partial charge in [-0.05, 0) is 30.7 Å². The van der Waals surface area contributed by atoms with Crippen LogP contribution in [0.5, 0.6) is 0 Å². The molecule has 0 atom stereocenters. The van der Waals surface area contributed by atoms with Crippen LogP contribution in [0.3, 0.4) is 0 Å². The van der Waals surface area contributed by atoms with Crippen molar-refractivity contribution in [1.29, 1.82) is 0 Å². The molecule has 1 aliphatic rings. The lowest BCUT2D eigenvalue weighted by molar-refractivity contribution is 0.592. The van der Waals surface area contributed by atoms with Gasteiger partial charge >= 0.3 is 0 Å². The molecule has 114 valence electrons. The van der Waals surface area contributed by atoms with Gasteiger partial charge in [0.1, 0.15) is 10.7 Å². The Morgan fingerprint density at radius 3 is 2.82 bits per heavy atom. The topological polar surface area (TPSA) is 58.5 Å². The highest BCUT2D eigenvalue weighted by Crippen LogP contribution is 2.30. The van der Waals surface area contributed by atoms with Crippen molar-refractivity contribution >= 4 is 32.6 Å². The molecule has 1 heterocycles. The maximum Gasteiger partial charge on any atom is 0.286 e. The molecule has 3 rings (SSSR count). The molecule has 2 aromatic rings. The first-order chi connectivity index (χ1) is 10.4. The second-order valence-corrected chi connectivity index (χ2v) is 7.45. The number of nitrogens with zero attached hydrogens (tertiary/aromatic N) is 1. The number of nitrogens with one attached hydrogen (secondary N) is 1. The summed E-state index contributed by atoms with van der Waals surface area (Å²) in [5.74, 6) is -0.00489. The van der Waals surface area contributed by atoms with Crippen molar-refractivity contribution in [2.24, 2.45) is 4.40 Å². The van der Waals surface area contributed by atoms with Crippen LogP contribution in [-0.2, 0) is 15.8 Å². The first-order valence-electron chi connectivity index (χ1n) is 6.54. The van der Waals surface area contributed by atoms with Crippen molar-refractivity contribution in [3.63, 3.8) is 0 Å². The molecule has 0 unspecified atom stereocenters. The molecule has 22 heavy (non-hydrogen) atoms. The minimum Gasteiger partial charge on any atom is -0.333 e. The highest BCUT2D eigenvalue weighted by atomic mass is 32.2. The molecule has 0 bridgehead atoms. The smallest absolute Gasteiger partial charge is 0.286 e. The fraction of sp³-hybridized carbons (Fsp3) is 0.133. The number of sulfonamides is 1. The first kappa shape index (κ1) is 15.1. The van der Waals surface area contributed by atoms with E-state index in [1.807, 2.05) is 31.2 Å². The molecule has 0 spiro atoms. The zero-order chi connectivity index (χ0) is 15.7. The van der Waals surface area contributed by atoms with Crippen LogP contribution in [0, 0.1) is 12.7 Å². The average Bonchev–Trinajstić information content (AvgIpc) is 2.46. The maximum absolute atomic E-state index is 13.2. The number of hydrogen-bond donors (Lipinski definition) is 1. The summed E-state index contributed by atoms with van der Waals surface area (Å²) < 4.78 is 41.1. The van der Waals surface area contributed by atoms with Gasteiger partial charge in [0.15, 0.2) is 5.17 Å². The quantitative estimate of drug-likeness (QED) is 0.911. The molecule has 7 heteroatoms. The third kappa shape index (κ3) is 3.15. The van der Waals surface area contributed by atoms with E-state index in [9.17, 15) is 12.8 Å². The predicted molar refractivity (Wildman–Crippen MR) is 87.1 cm³/mol. The van der Waals surface area contributed by atoms with Crippen molar-refractivity contribution in [3.05, 3.63) is 59.4 Å². The lowest BCUT2D eigenvalue weighted by atomic mass is 10.2. The van der Waals surface area contributed by atoms with Crippen molar-refractivity contribution in [3.8, 4) is 0 Å². The zero-order valence-corrected chi connectivity index (χ0v) is 13.3. The van der Waals surface area contributed by atoms with Gasteiger partial charge in [0.25, 0.3) is 10.0 Å². The predicted octanol–water partition coefficient (Wildman–Crippen LogP) is 3.54. The van der Waals surface area contributed by atoms with Crippen LogP contribution in [0.4, 0.5) is 10.1 Å². The lowest BCUT2D eigenvalue weighted by Crippen LogP contribution is -2.19. The number of rotatable bonds is 2. The second-order valence-electron chi connectivity index (χ2n) is 4.91. The summed E-state index contributed by atoms with van der Waals surface area (Å²) in [6.45, 7) is 2.00. The Kier molecular flexibility index (Phi) is 3.92. The standard InChI is InChI=1S/C15H13FN2O2S2/c1-10-3-2-4-11(7-10)9-21-15-17-13-6-5-12(16)8-14(13)22(19,20)18-15/h2-8H,9H2,1H3,(H,17,18). The summed E-state index contributed by atoms with van der Waals surface area (Å²) >= 11 is 1.30. The number of fused-ring (bicyclic) bond motifs is 1. The number of thioether (sulfide) groups is 1. The Morgan fingerprint density at radius 1 is 1.23 bits per heavy atom. The van der Waals surface area contributed by atoms with Crippen molar-refractivity contribution < 1.29 is 12.8 Å². The summed E-state index contributed by atoms with van der Waals surface area (Å²) in [5.41, 5.74) is 2.57. The number of halogens is 1. The summed E-state index contributed by atoms with van der Waals surface area (Å²) in [4.78, 5) is -0.132. The largest absolute Gasteiger partial charge is 0.333 e. The van der Waals surface area contributed by atoms with Crippen LogP contribution in [0.15, 0.2) is 51.8 Å². The van der Waals surface area contributed by atoms with E-state index in [0.29, 0.717) is 16.6 Å². The normalized spacial score (nSPS) is 15.6. The van der Waals surface area contributed by atoms with Crippen LogP contribution < -0.4 is 5.32 Å². The molecule has 0 aromatic heterocycles. The van der Waals surface area contributed by atoms with Gasteiger partial charge in [-0.25, -0.2) is 4.39 Å². The van der Waals surface area contributed by atoms with Crippen molar-refractivity contribution in [1.82, 2.24) is 0 Å². The number of anilines is 1. The Balaban J connectivity index is 1.82. The molecule has 1 aliphatic heterocycles. The van der Waals surface area contributed by atoms with Gasteiger partial charge in [-0.1, -0.05) is 41.6 Å². The highest BCUT2D eigenvalue weighted by molar-refractivity contribution is 8.14. The maximum atomic E-state index is 13.2. The molecular formula is C15H13FN2O2S2. The number of hydrogen-bond acceptors (Lipinski definition) is 4. The van der Waals surface area contributed by atoms with Crippen molar-refractivity contribution in [2.45, 2.75) is 17.6 Å². The van der Waals surface area contributed by atoms with Gasteiger partial charge in [0, 0.05) is 5.75 Å². The first-order valence-corrected chi connectivity index (χ1v) is 8.96. The van der Waals surface area contributed by atoms with Crippen LogP contribution in [0.25, 0.3) is 0 Å². The SMILES string of the molecule is Cc1cccc(CSC2=NS(=O)(=O)c3cc(F)ccc3N2)c1. The van der Waals surface area contributed by atoms with E-state index in [1.165, 1.54) is 23.9 Å². The molecule has 4 nitrogen and oxygen atoms in total. The van der Waals surface area contributed by atoms with E-state index in [1.54, 1.807) is 0 Å². The molecule has 0 saturated carbocycles. The van der Waals surface area contributed by atoms with E-state index in [-0.39, 0.29) is 4.90 Å². The minimum absolute atomic E-state index is 0.132. The van der Waals surface area contributed by atoms with E-state index >= 15 is 0 Å². The Bertz CT molecular complexity index is 864. The number of amidine groups is 1. The highest BCUT2D eigenvalue weighted by Gasteiger charge is 2.25. The number of benzene rings is 2. The van der Waals surface area contributed by atoms with Gasteiger partial charge in [-0.3, -0.25) is 0 Å². The van der Waals surface area contributed by atoms with Crippen molar-refractivity contribution in [2.75, 3.05) is 5.32 Å². The molecule has 2 aromatic carbocycles. The molecular weight excluding hydrogens is 323 g/mol. The third-order valence-electron chi connectivity index (χ3n) is 3.12. The summed E-state index contributed by atoms with van der Waals surface area (Å²) in [7, 11) is -3.86. The molecule has 0 aliphatic carbocycles. The molecule has 0 saturated heterocycles. The third-order valence-corrected chi connectivity index (χ3v) is 5.50. The fourth-order valence-electron chi connectivity index (χ4n) is 2.13. The second kappa shape index (κ2) is 5.73. The summed E-state index contributed by atoms with van der Waals surface area (Å²) in [6.07, 6.45) is 0. The fourth-order valence-corrected chi connectivity index (χ4v) is 4.32. The van der Waals surface area contributed by atoms with E-state index < -0.39 is 15.8 Å². The number of aryl methyl sites for hydroxylation is 1. The molecule has 1 N–H and O–H groups in total. The zero-order valence-electron chi connectivity index (χ0n) is 11.7. The monoisotopic (exact) mass is 336 g/mol. The summed E-state index contributed by atoms with van der Waals surface area (Å²) in [6, 6.07) is 11.6. The van der Waals surface area contributed by atoms with Gasteiger partial charge < -0.3 is 5.32 Å². The summed E-state index contributed by atoms with van der Waals surface area (Å²) in [5, 5.41) is 3.22. The minimum atomic E-state index is -3.86. The molecule has 0 fully saturated rings. The Morgan fingerprint density at radius 2 is 2.05 bits per heavy atom. The molecule has 0 amide bonds. The average molecular weight is 336 g/mol. The van der Waals surface area contributed by atoms with E-state index in [4.69, 9.17) is 0 Å². The van der Waals surface area contributed by atoms with Crippen LogP contribution in [0.1, 0.15) is 11.1 Å². The van der Waals surface area contributed by atoms with Crippen LogP contribution in [0.2, 0.25) is 0 Å².